The van der Waals surface area contributed by atoms with Crippen molar-refractivity contribution < 1.29 is 9.53 Å². The molecular formula is C21H35N5O2. The van der Waals surface area contributed by atoms with E-state index in [1.807, 2.05) is 18.7 Å². The van der Waals surface area contributed by atoms with Crippen LogP contribution in [-0.2, 0) is 16.1 Å². The SMILES string of the molecule is CCNC(=NCc1ccc(NCCOC)cc1)NC1CCN(C(=O)C(C)C)C1. The molecule has 2 rings (SSSR count). The molecule has 28 heavy (non-hydrogen) atoms. The molecule has 1 amide bonds. The fourth-order valence-electron chi connectivity index (χ4n) is 3.15. The number of ether oxygens (including phenoxy) is 1. The van der Waals surface area contributed by atoms with Crippen LogP contribution in [0.4, 0.5) is 5.69 Å². The van der Waals surface area contributed by atoms with E-state index in [9.17, 15) is 4.79 Å². The van der Waals surface area contributed by atoms with Gasteiger partial charge < -0.3 is 25.6 Å². The van der Waals surface area contributed by atoms with Crippen LogP contribution in [-0.4, -0.2) is 62.7 Å². The Morgan fingerprint density at radius 1 is 1.32 bits per heavy atom. The van der Waals surface area contributed by atoms with Gasteiger partial charge in [-0.1, -0.05) is 26.0 Å². The Kier molecular flexibility index (Phi) is 9.07. The molecule has 1 saturated heterocycles. The number of nitrogens with one attached hydrogen (secondary N) is 3. The Labute approximate surface area is 168 Å². The Morgan fingerprint density at radius 2 is 2.07 bits per heavy atom. The molecule has 1 aliphatic heterocycles. The lowest BCUT2D eigenvalue weighted by Gasteiger charge is -2.20. The summed E-state index contributed by atoms with van der Waals surface area (Å²) in [6.07, 6.45) is 0.949. The van der Waals surface area contributed by atoms with Gasteiger partial charge in [-0.25, -0.2) is 4.99 Å². The van der Waals surface area contributed by atoms with Crippen molar-refractivity contribution in [3.05, 3.63) is 29.8 Å². The first kappa shape index (κ1) is 22.0. The quantitative estimate of drug-likeness (QED) is 0.342. The average molecular weight is 390 g/mol. The molecule has 0 saturated carbocycles. The minimum atomic E-state index is 0.0487. The fraction of sp³-hybridized carbons (Fsp3) is 0.619. The standard InChI is InChI=1S/C21H35N5O2/c1-5-22-21(25-19-10-12-26(15-19)20(27)16(2)3)24-14-17-6-8-18(9-7-17)23-11-13-28-4/h6-9,16,19,23H,5,10-15H2,1-4H3,(H2,22,24,25). The number of likely N-dealkylation sites (tertiary alicyclic amines) is 1. The van der Waals surface area contributed by atoms with Gasteiger partial charge in [0.1, 0.15) is 0 Å². The number of aliphatic imine (C=N–C) groups is 1. The van der Waals surface area contributed by atoms with E-state index >= 15 is 0 Å². The number of rotatable bonds is 9. The molecule has 0 spiro atoms. The lowest BCUT2D eigenvalue weighted by Crippen LogP contribution is -2.45. The highest BCUT2D eigenvalue weighted by Gasteiger charge is 2.27. The molecule has 7 nitrogen and oxygen atoms in total. The molecular weight excluding hydrogens is 354 g/mol. The maximum atomic E-state index is 12.2. The summed E-state index contributed by atoms with van der Waals surface area (Å²) in [7, 11) is 1.70. The van der Waals surface area contributed by atoms with E-state index < -0.39 is 0 Å². The highest BCUT2D eigenvalue weighted by Crippen LogP contribution is 2.13. The van der Waals surface area contributed by atoms with Crippen molar-refractivity contribution in [3.63, 3.8) is 0 Å². The maximum Gasteiger partial charge on any atom is 0.225 e. The summed E-state index contributed by atoms with van der Waals surface area (Å²) in [5, 5.41) is 10.1. The minimum Gasteiger partial charge on any atom is -0.383 e. The molecule has 1 aliphatic rings. The molecule has 1 unspecified atom stereocenters. The highest BCUT2D eigenvalue weighted by atomic mass is 16.5. The van der Waals surface area contributed by atoms with Gasteiger partial charge in [-0.2, -0.15) is 0 Å². The number of benzene rings is 1. The van der Waals surface area contributed by atoms with E-state index in [0.717, 1.165) is 49.8 Å². The second kappa shape index (κ2) is 11.5. The number of anilines is 1. The summed E-state index contributed by atoms with van der Waals surface area (Å²) in [6.45, 7) is 10.4. The van der Waals surface area contributed by atoms with E-state index in [-0.39, 0.29) is 17.9 Å². The zero-order valence-corrected chi connectivity index (χ0v) is 17.6. The number of carbonyl (C=O) groups excluding carboxylic acids is 1. The van der Waals surface area contributed by atoms with Crippen molar-refractivity contribution in [1.82, 2.24) is 15.5 Å². The average Bonchev–Trinajstić information content (AvgIpc) is 3.15. The third-order valence-electron chi connectivity index (χ3n) is 4.69. The summed E-state index contributed by atoms with van der Waals surface area (Å²) in [5.41, 5.74) is 2.23. The van der Waals surface area contributed by atoms with Crippen LogP contribution < -0.4 is 16.0 Å². The van der Waals surface area contributed by atoms with Gasteiger partial charge in [0.2, 0.25) is 5.91 Å². The van der Waals surface area contributed by atoms with Gasteiger partial charge >= 0.3 is 0 Å². The number of nitrogens with zero attached hydrogens (tertiary/aromatic N) is 2. The summed E-state index contributed by atoms with van der Waals surface area (Å²) >= 11 is 0. The lowest BCUT2D eigenvalue weighted by molar-refractivity contribution is -0.133. The molecule has 0 bridgehead atoms. The summed E-state index contributed by atoms with van der Waals surface area (Å²) in [5.74, 6) is 1.08. The molecule has 1 atom stereocenters. The first-order chi connectivity index (χ1) is 13.5. The van der Waals surface area contributed by atoms with E-state index in [1.54, 1.807) is 7.11 Å². The number of guanidine groups is 1. The lowest BCUT2D eigenvalue weighted by atomic mass is 10.2. The van der Waals surface area contributed by atoms with Gasteiger partial charge in [0, 0.05) is 50.9 Å². The molecule has 3 N–H and O–H groups in total. The predicted molar refractivity (Wildman–Crippen MR) is 115 cm³/mol. The predicted octanol–water partition coefficient (Wildman–Crippen LogP) is 2.06. The second-order valence-corrected chi connectivity index (χ2v) is 7.38. The minimum absolute atomic E-state index is 0.0487. The molecule has 1 aromatic rings. The van der Waals surface area contributed by atoms with Crippen LogP contribution >= 0.6 is 0 Å². The topological polar surface area (TPSA) is 78.0 Å². The van der Waals surface area contributed by atoms with Crippen molar-refractivity contribution in [2.24, 2.45) is 10.9 Å². The van der Waals surface area contributed by atoms with Crippen LogP contribution in [0.2, 0.25) is 0 Å². The van der Waals surface area contributed by atoms with E-state index in [0.29, 0.717) is 13.2 Å². The van der Waals surface area contributed by atoms with Gasteiger partial charge in [0.05, 0.1) is 13.2 Å². The first-order valence-corrected chi connectivity index (χ1v) is 10.2. The fourth-order valence-corrected chi connectivity index (χ4v) is 3.15. The Balaban J connectivity index is 1.87. The molecule has 0 aromatic heterocycles. The van der Waals surface area contributed by atoms with Crippen molar-refractivity contribution >= 4 is 17.6 Å². The molecule has 156 valence electrons. The van der Waals surface area contributed by atoms with Gasteiger partial charge in [-0.05, 0) is 31.0 Å². The number of amides is 1. The number of methoxy groups -OCH3 is 1. The van der Waals surface area contributed by atoms with E-state index in [1.165, 1.54) is 0 Å². The zero-order chi connectivity index (χ0) is 20.4. The molecule has 0 aliphatic carbocycles. The van der Waals surface area contributed by atoms with E-state index in [4.69, 9.17) is 9.73 Å². The van der Waals surface area contributed by atoms with Gasteiger partial charge in [0.25, 0.3) is 0 Å². The van der Waals surface area contributed by atoms with E-state index in [2.05, 4.69) is 47.1 Å². The highest BCUT2D eigenvalue weighted by molar-refractivity contribution is 5.81. The third-order valence-corrected chi connectivity index (χ3v) is 4.69. The largest absolute Gasteiger partial charge is 0.383 e. The molecule has 1 heterocycles. The Morgan fingerprint density at radius 3 is 2.71 bits per heavy atom. The van der Waals surface area contributed by atoms with Gasteiger partial charge in [-0.3, -0.25) is 4.79 Å². The third kappa shape index (κ3) is 7.03. The van der Waals surface area contributed by atoms with Crippen molar-refractivity contribution in [1.29, 1.82) is 0 Å². The zero-order valence-electron chi connectivity index (χ0n) is 17.6. The normalized spacial score (nSPS) is 17.1. The smallest absolute Gasteiger partial charge is 0.225 e. The van der Waals surface area contributed by atoms with Gasteiger partial charge in [-0.15, -0.1) is 0 Å². The van der Waals surface area contributed by atoms with Crippen LogP contribution in [0.3, 0.4) is 0 Å². The van der Waals surface area contributed by atoms with Crippen LogP contribution in [0.1, 0.15) is 32.8 Å². The number of hydrogen-bond donors (Lipinski definition) is 3. The Hall–Kier alpha value is -2.28. The second-order valence-electron chi connectivity index (χ2n) is 7.38. The summed E-state index contributed by atoms with van der Waals surface area (Å²) in [6, 6.07) is 8.54. The summed E-state index contributed by atoms with van der Waals surface area (Å²) in [4.78, 5) is 18.8. The first-order valence-electron chi connectivity index (χ1n) is 10.2. The molecule has 7 heteroatoms. The molecule has 1 aromatic carbocycles. The molecule has 0 radical (unpaired) electrons. The maximum absolute atomic E-state index is 12.2. The van der Waals surface area contributed by atoms with Crippen LogP contribution in [0.25, 0.3) is 0 Å². The summed E-state index contributed by atoms with van der Waals surface area (Å²) < 4.78 is 5.05. The van der Waals surface area contributed by atoms with Crippen LogP contribution in [0.5, 0.6) is 0 Å². The van der Waals surface area contributed by atoms with Crippen molar-refractivity contribution in [3.8, 4) is 0 Å². The molecule has 1 fully saturated rings. The van der Waals surface area contributed by atoms with Gasteiger partial charge in [0.15, 0.2) is 5.96 Å². The Bertz CT molecular complexity index is 630. The van der Waals surface area contributed by atoms with Crippen LogP contribution in [0, 0.1) is 5.92 Å². The van der Waals surface area contributed by atoms with Crippen LogP contribution in [0.15, 0.2) is 29.3 Å². The number of hydrogen-bond acceptors (Lipinski definition) is 4. The van der Waals surface area contributed by atoms with Crippen molar-refractivity contribution in [2.75, 3.05) is 45.2 Å². The number of carbonyl (C=O) groups is 1. The van der Waals surface area contributed by atoms with Crippen molar-refractivity contribution in [2.45, 2.75) is 39.8 Å². The monoisotopic (exact) mass is 389 g/mol.